The number of carbonyl (C=O) groups is 1. The highest BCUT2D eigenvalue weighted by Gasteiger charge is 2.17. The zero-order valence-corrected chi connectivity index (χ0v) is 16.4. The van der Waals surface area contributed by atoms with Gasteiger partial charge in [0.15, 0.2) is 0 Å². The molecule has 1 aromatic rings. The summed E-state index contributed by atoms with van der Waals surface area (Å²) in [5.41, 5.74) is 6.71. The number of rotatable bonds is 12. The topological polar surface area (TPSA) is 55.1 Å². The van der Waals surface area contributed by atoms with E-state index in [-0.39, 0.29) is 11.7 Å². The fourth-order valence-corrected chi connectivity index (χ4v) is 2.59. The number of unbranched alkanes of at least 4 members (excludes halogenated alkanes) is 3. The molecule has 0 aromatic heterocycles. The van der Waals surface area contributed by atoms with E-state index >= 15 is 0 Å². The predicted molar refractivity (Wildman–Crippen MR) is 110 cm³/mol. The van der Waals surface area contributed by atoms with Crippen molar-refractivity contribution in [3.63, 3.8) is 0 Å². The van der Waals surface area contributed by atoms with Crippen LogP contribution in [0.15, 0.2) is 49.3 Å². The number of halogens is 1. The lowest BCUT2D eigenvalue weighted by atomic mass is 9.90. The molecule has 0 aliphatic heterocycles. The van der Waals surface area contributed by atoms with Crippen molar-refractivity contribution in [1.29, 1.82) is 0 Å². The van der Waals surface area contributed by atoms with Gasteiger partial charge >= 0.3 is 0 Å². The molecule has 1 rings (SSSR count). The second kappa shape index (κ2) is 15.2. The summed E-state index contributed by atoms with van der Waals surface area (Å²) in [5.74, 6) is 0.241. The van der Waals surface area contributed by atoms with Crippen molar-refractivity contribution < 1.29 is 9.18 Å². The largest absolute Gasteiger partial charge is 0.402 e. The first-order chi connectivity index (χ1) is 12.5. The SMILES string of the molecule is C=C(N)CC(CCCC)C(=O)CCCCC.C=CNc1ccccc1F. The summed E-state index contributed by atoms with van der Waals surface area (Å²) in [4.78, 5) is 12.0. The number of Topliss-reactive ketones (excluding diaryl/α,β-unsaturated/α-hetero) is 1. The summed E-state index contributed by atoms with van der Waals surface area (Å²) < 4.78 is 12.7. The van der Waals surface area contributed by atoms with Crippen LogP contribution < -0.4 is 11.1 Å². The number of allylic oxidation sites excluding steroid dienone is 1. The Kier molecular flexibility index (Phi) is 14.0. The number of para-hydroxylation sites is 1. The molecule has 1 aromatic carbocycles. The number of benzene rings is 1. The van der Waals surface area contributed by atoms with Gasteiger partial charge in [-0.25, -0.2) is 4.39 Å². The number of anilines is 1. The summed E-state index contributed by atoms with van der Waals surface area (Å²) in [6, 6.07) is 6.45. The summed E-state index contributed by atoms with van der Waals surface area (Å²) in [6.07, 6.45) is 9.38. The van der Waals surface area contributed by atoms with Crippen LogP contribution in [0, 0.1) is 11.7 Å². The standard InChI is InChI=1S/C14H27NO.C8H8FN/c1-4-6-8-10-14(16)13(9-7-5-2)11-12(3)15;1-2-10-8-6-4-3-5-7(8)9/h13H,3-11,15H2,1-2H3;2-6,10H,1H2. The molecule has 0 aliphatic carbocycles. The van der Waals surface area contributed by atoms with Crippen molar-refractivity contribution in [2.24, 2.45) is 11.7 Å². The van der Waals surface area contributed by atoms with Crippen LogP contribution in [0.5, 0.6) is 0 Å². The molecule has 1 unspecified atom stereocenters. The molecule has 0 saturated carbocycles. The van der Waals surface area contributed by atoms with E-state index in [0.717, 1.165) is 44.9 Å². The zero-order chi connectivity index (χ0) is 19.8. The average Bonchev–Trinajstić information content (AvgIpc) is 2.61. The van der Waals surface area contributed by atoms with Crippen molar-refractivity contribution in [3.05, 3.63) is 55.1 Å². The summed E-state index contributed by atoms with van der Waals surface area (Å²) in [6.45, 7) is 11.4. The molecular formula is C22H35FN2O. The third-order valence-electron chi connectivity index (χ3n) is 4.03. The second-order valence-electron chi connectivity index (χ2n) is 6.45. The molecule has 1 atom stereocenters. The summed E-state index contributed by atoms with van der Waals surface area (Å²) in [7, 11) is 0. The van der Waals surface area contributed by atoms with Crippen LogP contribution in [0.1, 0.15) is 65.2 Å². The molecule has 0 spiro atoms. The number of carbonyl (C=O) groups excluding carboxylic acids is 1. The molecular weight excluding hydrogens is 327 g/mol. The minimum Gasteiger partial charge on any atom is -0.402 e. The maximum absolute atomic E-state index is 12.7. The van der Waals surface area contributed by atoms with E-state index in [9.17, 15) is 9.18 Å². The third kappa shape index (κ3) is 11.5. The Labute approximate surface area is 158 Å². The Morgan fingerprint density at radius 2 is 1.88 bits per heavy atom. The van der Waals surface area contributed by atoms with Crippen LogP contribution >= 0.6 is 0 Å². The van der Waals surface area contributed by atoms with Gasteiger partial charge in [-0.2, -0.15) is 0 Å². The second-order valence-corrected chi connectivity index (χ2v) is 6.45. The van der Waals surface area contributed by atoms with E-state index in [0.29, 0.717) is 23.6 Å². The minimum atomic E-state index is -0.262. The number of hydrogen-bond acceptors (Lipinski definition) is 3. The lowest BCUT2D eigenvalue weighted by Crippen LogP contribution is -2.17. The van der Waals surface area contributed by atoms with Gasteiger partial charge in [0.05, 0.1) is 5.69 Å². The molecule has 26 heavy (non-hydrogen) atoms. The number of hydrogen-bond donors (Lipinski definition) is 2. The van der Waals surface area contributed by atoms with Gasteiger partial charge < -0.3 is 11.1 Å². The fourth-order valence-electron chi connectivity index (χ4n) is 2.59. The molecule has 0 bridgehead atoms. The van der Waals surface area contributed by atoms with Gasteiger partial charge in [0.25, 0.3) is 0 Å². The van der Waals surface area contributed by atoms with Gasteiger partial charge in [0, 0.05) is 18.0 Å². The molecule has 0 fully saturated rings. The fraction of sp³-hybridized carbons (Fsp3) is 0.500. The Morgan fingerprint density at radius 3 is 2.42 bits per heavy atom. The predicted octanol–water partition coefficient (Wildman–Crippen LogP) is 6.19. The monoisotopic (exact) mass is 362 g/mol. The van der Waals surface area contributed by atoms with Crippen molar-refractivity contribution in [1.82, 2.24) is 0 Å². The van der Waals surface area contributed by atoms with Crippen LogP contribution in [0.2, 0.25) is 0 Å². The van der Waals surface area contributed by atoms with Crippen molar-refractivity contribution in [2.75, 3.05) is 5.32 Å². The highest BCUT2D eigenvalue weighted by atomic mass is 19.1. The lowest BCUT2D eigenvalue weighted by molar-refractivity contribution is -0.123. The van der Waals surface area contributed by atoms with Crippen LogP contribution in [-0.2, 0) is 4.79 Å². The minimum absolute atomic E-state index is 0.120. The first kappa shape index (κ1) is 23.9. The van der Waals surface area contributed by atoms with E-state index in [4.69, 9.17) is 5.73 Å². The zero-order valence-electron chi connectivity index (χ0n) is 16.4. The number of nitrogens with two attached hydrogens (primary N) is 1. The molecule has 3 N–H and O–H groups in total. The Hall–Kier alpha value is -2.10. The normalized spacial score (nSPS) is 11.0. The van der Waals surface area contributed by atoms with E-state index in [1.807, 2.05) is 0 Å². The van der Waals surface area contributed by atoms with E-state index in [1.165, 1.54) is 12.3 Å². The van der Waals surface area contributed by atoms with Crippen LogP contribution in [0.3, 0.4) is 0 Å². The Morgan fingerprint density at radius 1 is 1.23 bits per heavy atom. The quantitative estimate of drug-likeness (QED) is 0.436. The summed E-state index contributed by atoms with van der Waals surface area (Å²) in [5, 5.41) is 2.66. The molecule has 3 nitrogen and oxygen atoms in total. The number of ketones is 1. The molecule has 0 aliphatic rings. The Bertz CT molecular complexity index is 543. The van der Waals surface area contributed by atoms with Crippen molar-refractivity contribution in [2.45, 2.75) is 65.2 Å². The first-order valence-electron chi connectivity index (χ1n) is 9.54. The molecule has 0 amide bonds. The van der Waals surface area contributed by atoms with E-state index in [1.54, 1.807) is 18.2 Å². The van der Waals surface area contributed by atoms with Crippen LogP contribution in [-0.4, -0.2) is 5.78 Å². The smallest absolute Gasteiger partial charge is 0.146 e. The highest BCUT2D eigenvalue weighted by Crippen LogP contribution is 2.19. The van der Waals surface area contributed by atoms with Gasteiger partial charge in [0.1, 0.15) is 11.6 Å². The average molecular weight is 363 g/mol. The summed E-state index contributed by atoms with van der Waals surface area (Å²) >= 11 is 0. The maximum Gasteiger partial charge on any atom is 0.146 e. The lowest BCUT2D eigenvalue weighted by Gasteiger charge is -2.15. The third-order valence-corrected chi connectivity index (χ3v) is 4.03. The maximum atomic E-state index is 12.7. The van der Waals surface area contributed by atoms with Gasteiger partial charge in [0.2, 0.25) is 0 Å². The van der Waals surface area contributed by atoms with Gasteiger partial charge in [-0.1, -0.05) is 64.8 Å². The van der Waals surface area contributed by atoms with Gasteiger partial charge in [-0.05, 0) is 37.6 Å². The van der Waals surface area contributed by atoms with Crippen LogP contribution in [0.25, 0.3) is 0 Å². The molecule has 0 saturated heterocycles. The molecule has 146 valence electrons. The number of nitrogens with one attached hydrogen (secondary N) is 1. The Balaban J connectivity index is 0.000000531. The van der Waals surface area contributed by atoms with Crippen LogP contribution in [0.4, 0.5) is 10.1 Å². The van der Waals surface area contributed by atoms with Crippen molar-refractivity contribution in [3.8, 4) is 0 Å². The molecule has 4 heteroatoms. The van der Waals surface area contributed by atoms with Gasteiger partial charge in [-0.15, -0.1) is 0 Å². The van der Waals surface area contributed by atoms with E-state index < -0.39 is 0 Å². The van der Waals surface area contributed by atoms with E-state index in [2.05, 4.69) is 32.3 Å². The highest BCUT2D eigenvalue weighted by molar-refractivity contribution is 5.81. The molecule has 0 radical (unpaired) electrons. The molecule has 0 heterocycles. The first-order valence-corrected chi connectivity index (χ1v) is 9.54. The van der Waals surface area contributed by atoms with Gasteiger partial charge in [-0.3, -0.25) is 4.79 Å². The van der Waals surface area contributed by atoms with Crippen molar-refractivity contribution >= 4 is 11.5 Å².